The van der Waals surface area contributed by atoms with E-state index in [1.165, 1.54) is 60.7 Å². The van der Waals surface area contributed by atoms with Gasteiger partial charge in [-0.15, -0.1) is 5.11 Å². The van der Waals surface area contributed by atoms with Gasteiger partial charge >= 0.3 is 12.0 Å². The Bertz CT molecular complexity index is 2300. The molecule has 0 heterocycles. The zero-order chi connectivity index (χ0) is 32.7. The topological polar surface area (TPSA) is 252 Å². The van der Waals surface area contributed by atoms with Crippen LogP contribution in [0.25, 0.3) is 21.5 Å². The van der Waals surface area contributed by atoms with Crippen LogP contribution in [0.3, 0.4) is 0 Å². The minimum Gasteiger partial charge on any atom is -0.507 e. The van der Waals surface area contributed by atoms with E-state index in [1.807, 2.05) is 0 Å². The van der Waals surface area contributed by atoms with Gasteiger partial charge in [0.15, 0.2) is 5.75 Å². The molecule has 5 rings (SSSR count). The first kappa shape index (κ1) is 41.6. The number of fused-ring (bicyclic) bond motifs is 2. The molecule has 0 saturated carbocycles. The maximum absolute atomic E-state index is 12.7. The predicted octanol–water partition coefficient (Wildman–Crippen LogP) is 4.51. The van der Waals surface area contributed by atoms with Crippen molar-refractivity contribution in [2.75, 3.05) is 10.6 Å². The zero-order valence-corrected chi connectivity index (χ0v) is 33.0. The number of carbonyl (C=O) groups excluding carboxylic acids is 1. The summed E-state index contributed by atoms with van der Waals surface area (Å²) in [4.78, 5) is 22.4. The van der Waals surface area contributed by atoms with Crippen LogP contribution in [0.5, 0.6) is 11.5 Å². The van der Waals surface area contributed by atoms with E-state index in [0.29, 0.717) is 0 Å². The number of urea groups is 1. The molecule has 2 amide bonds. The number of hydrogen-bond acceptors (Lipinski definition) is 10. The Labute approximate surface area is 338 Å². The summed E-state index contributed by atoms with van der Waals surface area (Å²) in [6.45, 7) is 0. The summed E-state index contributed by atoms with van der Waals surface area (Å²) >= 11 is 0. The van der Waals surface area contributed by atoms with Crippen molar-refractivity contribution in [2.45, 2.75) is 9.79 Å². The Morgan fingerprint density at radius 1 is 0.646 bits per heavy atom. The van der Waals surface area contributed by atoms with Crippen LogP contribution in [0.1, 0.15) is 10.4 Å². The van der Waals surface area contributed by atoms with Crippen molar-refractivity contribution in [3.63, 3.8) is 0 Å². The fourth-order valence-corrected chi connectivity index (χ4v) is 5.54. The smallest absolute Gasteiger partial charge is 0.335 e. The number of carboxylic acids is 1. The fraction of sp³-hybridized carbons (Fsp3) is 0. The first-order chi connectivity index (χ1) is 21.1. The number of carbonyl (C=O) groups is 2. The summed E-state index contributed by atoms with van der Waals surface area (Å²) in [5.74, 6) is -2.22. The van der Waals surface area contributed by atoms with E-state index < -0.39 is 59.2 Å². The van der Waals surface area contributed by atoms with Crippen LogP contribution in [0.15, 0.2) is 98.9 Å². The average molecular weight is 722 g/mol. The second-order valence-corrected chi connectivity index (χ2v) is 12.3. The molecule has 0 atom stereocenters. The second-order valence-electron chi connectivity index (χ2n) is 9.47. The van der Waals surface area contributed by atoms with Crippen molar-refractivity contribution in [2.24, 2.45) is 10.2 Å². The van der Waals surface area contributed by atoms with Crippen LogP contribution >= 0.6 is 0 Å². The SMILES string of the molecule is O=C(Nc1ccc2c(O)cc(S(=O)(=O)O)cc2c1)Nc1ccc2c(O)c(N=Nc3ccc(C(=O)O)cc3)c(S(=O)(=O)O)cc2c1.[Na].[Na].[Na]. The van der Waals surface area contributed by atoms with Crippen molar-refractivity contribution in [3.8, 4) is 11.5 Å². The Hall–Kier alpha value is -2.62. The molecule has 0 bridgehead atoms. The van der Waals surface area contributed by atoms with Gasteiger partial charge in [0.05, 0.1) is 16.1 Å². The molecule has 15 nitrogen and oxygen atoms in total. The largest absolute Gasteiger partial charge is 0.507 e. The van der Waals surface area contributed by atoms with Gasteiger partial charge in [-0.2, -0.15) is 21.9 Å². The van der Waals surface area contributed by atoms with Gasteiger partial charge in [0.25, 0.3) is 20.2 Å². The van der Waals surface area contributed by atoms with Crippen molar-refractivity contribution in [1.82, 2.24) is 0 Å². The molecule has 5 aromatic rings. The molecule has 0 saturated heterocycles. The number of rotatable bonds is 7. The van der Waals surface area contributed by atoms with Crippen LogP contribution in [0, 0.1) is 0 Å². The number of carboxylic acid groups (broad SMARTS) is 1. The number of aromatic carboxylic acids is 1. The molecule has 233 valence electrons. The summed E-state index contributed by atoms with van der Waals surface area (Å²) in [7, 11) is -9.55. The van der Waals surface area contributed by atoms with Crippen LogP contribution in [0.2, 0.25) is 0 Å². The number of anilines is 2. The van der Waals surface area contributed by atoms with Crippen molar-refractivity contribution < 1.29 is 50.8 Å². The Morgan fingerprint density at radius 2 is 1.19 bits per heavy atom. The van der Waals surface area contributed by atoms with Crippen LogP contribution < -0.4 is 10.6 Å². The van der Waals surface area contributed by atoms with E-state index in [2.05, 4.69) is 20.9 Å². The van der Waals surface area contributed by atoms with E-state index in [1.54, 1.807) is 0 Å². The summed E-state index contributed by atoms with van der Waals surface area (Å²) in [6, 6.07) is 15.6. The third-order valence-electron chi connectivity index (χ3n) is 6.43. The molecule has 7 N–H and O–H groups in total. The number of amides is 2. The standard InChI is InChI=1S/C28H20N4O11S2.3Na/c33-23-13-20(44(38,39)40)11-15-9-18(5-7-21(15)23)29-28(37)30-19-6-8-22-16(10-19)12-24(45(41,42)43)25(26(22)34)32-31-17-3-1-14(2-4-17)27(35)36;;;/h1-13,33-34H,(H,35,36)(H2,29,30,37)(H,38,39,40)(H,41,42,43);;;. The number of nitrogens with zero attached hydrogens (tertiary/aromatic N) is 2. The van der Waals surface area contributed by atoms with E-state index in [0.717, 1.165) is 18.2 Å². The molecule has 3 radical (unpaired) electrons. The van der Waals surface area contributed by atoms with Crippen molar-refractivity contribution in [1.29, 1.82) is 0 Å². The zero-order valence-electron chi connectivity index (χ0n) is 25.4. The molecule has 0 aliphatic rings. The summed E-state index contributed by atoms with van der Waals surface area (Å²) in [6.07, 6.45) is 0. The molecule has 5 aromatic carbocycles. The van der Waals surface area contributed by atoms with Crippen LogP contribution in [-0.4, -0.2) is 142 Å². The van der Waals surface area contributed by atoms with Gasteiger partial charge in [0.1, 0.15) is 16.3 Å². The Morgan fingerprint density at radius 3 is 1.71 bits per heavy atom. The molecule has 0 aromatic heterocycles. The van der Waals surface area contributed by atoms with Gasteiger partial charge < -0.3 is 26.0 Å². The Kier molecular flexibility index (Phi) is 14.2. The third-order valence-corrected chi connectivity index (χ3v) is 8.12. The molecule has 20 heteroatoms. The number of nitrogens with one attached hydrogen (secondary N) is 2. The number of hydrogen-bond donors (Lipinski definition) is 7. The predicted molar refractivity (Wildman–Crippen MR) is 178 cm³/mol. The van der Waals surface area contributed by atoms with E-state index in [-0.39, 0.29) is 133 Å². The number of azo groups is 1. The quantitative estimate of drug-likeness (QED) is 0.0699. The maximum atomic E-state index is 12.7. The number of aromatic hydroxyl groups is 2. The van der Waals surface area contributed by atoms with E-state index in [9.17, 15) is 45.7 Å². The van der Waals surface area contributed by atoms with Gasteiger partial charge in [0.2, 0.25) is 0 Å². The summed E-state index contributed by atoms with van der Waals surface area (Å²) in [5, 5.41) is 43.2. The van der Waals surface area contributed by atoms with Crippen LogP contribution in [0.4, 0.5) is 27.5 Å². The monoisotopic (exact) mass is 721 g/mol. The molecule has 0 aliphatic carbocycles. The average Bonchev–Trinajstić information content (AvgIpc) is 2.95. The molecule has 0 unspecified atom stereocenters. The number of benzene rings is 5. The summed E-state index contributed by atoms with van der Waals surface area (Å²) in [5.41, 5.74) is -0.142. The Balaban J connectivity index is 0.00000267. The van der Waals surface area contributed by atoms with Gasteiger partial charge in [0, 0.05) is 117 Å². The first-order valence-electron chi connectivity index (χ1n) is 12.4. The van der Waals surface area contributed by atoms with Gasteiger partial charge in [-0.25, -0.2) is 9.59 Å². The minimum absolute atomic E-state index is 0. The molecule has 48 heavy (non-hydrogen) atoms. The van der Waals surface area contributed by atoms with E-state index in [4.69, 9.17) is 5.11 Å². The van der Waals surface area contributed by atoms with Gasteiger partial charge in [-0.05, 0) is 83.6 Å². The van der Waals surface area contributed by atoms with Gasteiger partial charge in [-0.3, -0.25) is 9.11 Å². The van der Waals surface area contributed by atoms with Crippen LogP contribution in [-0.2, 0) is 20.2 Å². The third kappa shape index (κ3) is 9.54. The summed E-state index contributed by atoms with van der Waals surface area (Å²) < 4.78 is 66.5. The van der Waals surface area contributed by atoms with Crippen molar-refractivity contribution >= 4 is 165 Å². The van der Waals surface area contributed by atoms with Gasteiger partial charge in [-0.1, -0.05) is 0 Å². The second kappa shape index (κ2) is 16.4. The number of phenolic OH excluding ortho intramolecular Hbond substituents is 2. The molecule has 0 fully saturated rings. The molecular weight excluding hydrogens is 701 g/mol. The normalized spacial score (nSPS) is 11.3. The molecule has 0 spiro atoms. The fourth-order valence-electron chi connectivity index (χ4n) is 4.34. The van der Waals surface area contributed by atoms with Crippen molar-refractivity contribution in [3.05, 3.63) is 84.4 Å². The molecular formula is C28H20N4Na3O11S2. The first-order valence-corrected chi connectivity index (χ1v) is 15.3. The van der Waals surface area contributed by atoms with E-state index >= 15 is 0 Å². The minimum atomic E-state index is -4.94. The number of phenols is 2. The molecule has 0 aliphatic heterocycles. The maximum Gasteiger partial charge on any atom is 0.335 e.